The summed E-state index contributed by atoms with van der Waals surface area (Å²) in [7, 11) is 0. The molecule has 0 aliphatic heterocycles. The Kier molecular flexibility index (Phi) is 12.7. The van der Waals surface area contributed by atoms with Gasteiger partial charge in [0, 0.05) is 24.2 Å². The van der Waals surface area contributed by atoms with Gasteiger partial charge in [0.1, 0.15) is 22.9 Å². The smallest absolute Gasteiger partial charge is 0.187 e. The molecule has 10 heteroatoms. The molecule has 4 aromatic carbocycles. The zero-order chi connectivity index (χ0) is 31.0. The van der Waals surface area contributed by atoms with Crippen LogP contribution in [0.2, 0.25) is 0 Å². The molecule has 4 N–H and O–H groups in total. The van der Waals surface area contributed by atoms with Crippen molar-refractivity contribution in [2.45, 2.75) is 26.9 Å². The van der Waals surface area contributed by atoms with E-state index in [2.05, 4.69) is 21.5 Å². The Balaban J connectivity index is 1.49. The van der Waals surface area contributed by atoms with E-state index in [0.717, 1.165) is 33.8 Å². The van der Waals surface area contributed by atoms with Crippen LogP contribution < -0.4 is 31.0 Å². The SMILES string of the molecule is CCOc1ccc(CNC(=S)N/N=C(/C(=N/NC(=S)NCc2ccc(OCC)cc2)c2ccccc2)c2ccccc2)cc1. The van der Waals surface area contributed by atoms with E-state index in [0.29, 0.717) is 48.0 Å². The van der Waals surface area contributed by atoms with Gasteiger partial charge in [-0.25, -0.2) is 0 Å². The van der Waals surface area contributed by atoms with Crippen LogP contribution in [0, 0.1) is 0 Å². The second-order valence-electron chi connectivity index (χ2n) is 9.40. The van der Waals surface area contributed by atoms with Crippen molar-refractivity contribution in [3.8, 4) is 11.5 Å². The van der Waals surface area contributed by atoms with Crippen molar-refractivity contribution >= 4 is 46.1 Å². The van der Waals surface area contributed by atoms with Crippen molar-refractivity contribution in [3.63, 3.8) is 0 Å². The maximum atomic E-state index is 5.55. The number of rotatable bonds is 13. The first-order valence-corrected chi connectivity index (χ1v) is 15.1. The molecule has 0 saturated heterocycles. The topological polar surface area (TPSA) is 91.3 Å². The van der Waals surface area contributed by atoms with E-state index in [9.17, 15) is 0 Å². The molecule has 0 bridgehead atoms. The highest BCUT2D eigenvalue weighted by molar-refractivity contribution is 7.80. The highest BCUT2D eigenvalue weighted by Crippen LogP contribution is 2.13. The van der Waals surface area contributed by atoms with Gasteiger partial charge in [-0.05, 0) is 73.7 Å². The number of benzene rings is 4. The Morgan fingerprint density at radius 3 is 1.25 bits per heavy atom. The Bertz CT molecular complexity index is 1430. The molecular weight excluding hydrogens is 589 g/mol. The van der Waals surface area contributed by atoms with Gasteiger partial charge < -0.3 is 20.1 Å². The molecule has 0 fully saturated rings. The molecule has 0 unspecified atom stereocenters. The van der Waals surface area contributed by atoms with Crippen LogP contribution in [-0.4, -0.2) is 34.9 Å². The molecule has 0 aliphatic carbocycles. The molecule has 0 aliphatic rings. The maximum Gasteiger partial charge on any atom is 0.187 e. The number of hydrogen-bond acceptors (Lipinski definition) is 6. The predicted molar refractivity (Wildman–Crippen MR) is 186 cm³/mol. The molecule has 0 radical (unpaired) electrons. The van der Waals surface area contributed by atoms with Crippen LogP contribution >= 0.6 is 24.4 Å². The minimum absolute atomic E-state index is 0.375. The lowest BCUT2D eigenvalue weighted by Crippen LogP contribution is -2.35. The zero-order valence-electron chi connectivity index (χ0n) is 24.7. The minimum atomic E-state index is 0.375. The molecule has 226 valence electrons. The predicted octanol–water partition coefficient (Wildman–Crippen LogP) is 5.92. The largest absolute Gasteiger partial charge is 0.494 e. The van der Waals surface area contributed by atoms with Gasteiger partial charge in [0.05, 0.1) is 13.2 Å². The summed E-state index contributed by atoms with van der Waals surface area (Å²) in [6, 6.07) is 35.3. The van der Waals surface area contributed by atoms with E-state index in [1.807, 2.05) is 123 Å². The van der Waals surface area contributed by atoms with Crippen LogP contribution in [0.1, 0.15) is 36.1 Å². The second kappa shape index (κ2) is 17.3. The quantitative estimate of drug-likeness (QED) is 0.0828. The van der Waals surface area contributed by atoms with Crippen molar-refractivity contribution in [1.29, 1.82) is 0 Å². The Labute approximate surface area is 269 Å². The fourth-order valence-corrected chi connectivity index (χ4v) is 4.33. The molecule has 4 rings (SSSR count). The van der Waals surface area contributed by atoms with Crippen LogP contribution in [0.25, 0.3) is 0 Å². The number of hydrazone groups is 2. The Morgan fingerprint density at radius 2 is 0.909 bits per heavy atom. The molecule has 0 spiro atoms. The van der Waals surface area contributed by atoms with Gasteiger partial charge >= 0.3 is 0 Å². The molecule has 0 heterocycles. The number of hydrogen-bond donors (Lipinski definition) is 4. The van der Waals surface area contributed by atoms with E-state index >= 15 is 0 Å². The standard InChI is InChI=1S/C34H36N6O2S2/c1-3-41-29-19-15-25(16-20-29)23-35-33(43)39-37-31(27-11-7-5-8-12-27)32(28-13-9-6-10-14-28)38-40-34(44)36-24-26-17-21-30(22-18-26)42-4-2/h5-22H,3-4,23-24H2,1-2H3,(H2,35,39,43)(H2,36,40,44)/b37-31+,38-32+. The third-order valence-corrected chi connectivity index (χ3v) is 6.70. The van der Waals surface area contributed by atoms with Crippen molar-refractivity contribution in [2.24, 2.45) is 10.2 Å². The fraction of sp³-hybridized carbons (Fsp3) is 0.176. The van der Waals surface area contributed by atoms with E-state index in [4.69, 9.17) is 44.1 Å². The number of nitrogens with one attached hydrogen (secondary N) is 4. The van der Waals surface area contributed by atoms with Crippen molar-refractivity contribution in [3.05, 3.63) is 131 Å². The van der Waals surface area contributed by atoms with Gasteiger partial charge in [0.15, 0.2) is 10.2 Å². The lowest BCUT2D eigenvalue weighted by atomic mass is 10.00. The van der Waals surface area contributed by atoms with Crippen molar-refractivity contribution in [1.82, 2.24) is 21.5 Å². The lowest BCUT2D eigenvalue weighted by Gasteiger charge is -2.14. The number of ether oxygens (including phenoxy) is 2. The fourth-order valence-electron chi connectivity index (χ4n) is 4.10. The third-order valence-electron chi connectivity index (χ3n) is 6.23. The van der Waals surface area contributed by atoms with Crippen LogP contribution in [0.15, 0.2) is 119 Å². The number of nitrogens with zero attached hydrogens (tertiary/aromatic N) is 2. The second-order valence-corrected chi connectivity index (χ2v) is 10.2. The summed E-state index contributed by atoms with van der Waals surface area (Å²) in [5, 5.41) is 16.6. The van der Waals surface area contributed by atoms with Crippen LogP contribution in [-0.2, 0) is 13.1 Å². The van der Waals surface area contributed by atoms with Gasteiger partial charge in [-0.15, -0.1) is 0 Å². The Morgan fingerprint density at radius 1 is 0.545 bits per heavy atom. The molecule has 44 heavy (non-hydrogen) atoms. The average molecular weight is 625 g/mol. The van der Waals surface area contributed by atoms with E-state index < -0.39 is 0 Å². The van der Waals surface area contributed by atoms with E-state index in [1.54, 1.807) is 0 Å². The third kappa shape index (κ3) is 10.2. The van der Waals surface area contributed by atoms with Gasteiger partial charge in [-0.2, -0.15) is 10.2 Å². The highest BCUT2D eigenvalue weighted by Gasteiger charge is 2.16. The molecule has 8 nitrogen and oxygen atoms in total. The molecule has 0 saturated carbocycles. The normalized spacial score (nSPS) is 11.3. The monoisotopic (exact) mass is 624 g/mol. The van der Waals surface area contributed by atoms with Gasteiger partial charge in [0.2, 0.25) is 0 Å². The summed E-state index contributed by atoms with van der Waals surface area (Å²) in [6.07, 6.45) is 0. The van der Waals surface area contributed by atoms with E-state index in [1.165, 1.54) is 0 Å². The first-order valence-electron chi connectivity index (χ1n) is 14.3. The first kappa shape index (κ1) is 32.1. The van der Waals surface area contributed by atoms with Crippen LogP contribution in [0.5, 0.6) is 11.5 Å². The highest BCUT2D eigenvalue weighted by atomic mass is 32.1. The van der Waals surface area contributed by atoms with Gasteiger partial charge in [-0.1, -0.05) is 84.9 Å². The van der Waals surface area contributed by atoms with Crippen LogP contribution in [0.4, 0.5) is 0 Å². The van der Waals surface area contributed by atoms with E-state index in [-0.39, 0.29) is 0 Å². The van der Waals surface area contributed by atoms with Crippen molar-refractivity contribution < 1.29 is 9.47 Å². The molecule has 4 aromatic rings. The Hall–Kier alpha value is -4.80. The zero-order valence-corrected chi connectivity index (χ0v) is 26.4. The molecular formula is C34H36N6O2S2. The lowest BCUT2D eigenvalue weighted by molar-refractivity contribution is 0.340. The summed E-state index contributed by atoms with van der Waals surface area (Å²) in [5.41, 5.74) is 11.0. The van der Waals surface area contributed by atoms with Crippen LogP contribution in [0.3, 0.4) is 0 Å². The van der Waals surface area contributed by atoms with Gasteiger partial charge in [0.25, 0.3) is 0 Å². The summed E-state index contributed by atoms with van der Waals surface area (Å²) < 4.78 is 11.0. The summed E-state index contributed by atoms with van der Waals surface area (Å²) in [5.74, 6) is 1.67. The first-order chi connectivity index (χ1) is 21.6. The maximum absolute atomic E-state index is 5.55. The van der Waals surface area contributed by atoms with Crippen molar-refractivity contribution in [2.75, 3.05) is 13.2 Å². The molecule has 0 amide bonds. The number of thiocarbonyl (C=S) groups is 2. The summed E-state index contributed by atoms with van der Waals surface area (Å²) in [6.45, 7) is 6.24. The summed E-state index contributed by atoms with van der Waals surface area (Å²) >= 11 is 11.1. The van der Waals surface area contributed by atoms with Gasteiger partial charge in [-0.3, -0.25) is 10.9 Å². The average Bonchev–Trinajstić information content (AvgIpc) is 3.06. The summed E-state index contributed by atoms with van der Waals surface area (Å²) in [4.78, 5) is 0. The molecule has 0 aromatic heterocycles. The molecule has 0 atom stereocenters. The minimum Gasteiger partial charge on any atom is -0.494 e.